The lowest BCUT2D eigenvalue weighted by Gasteiger charge is -2.36. The average Bonchev–Trinajstić information content (AvgIpc) is 2.42. The van der Waals surface area contributed by atoms with Gasteiger partial charge in [-0.15, -0.1) is 0 Å². The minimum absolute atomic E-state index is 0.656. The summed E-state index contributed by atoms with van der Waals surface area (Å²) in [5.41, 5.74) is 2.61. The average molecular weight is 262 g/mol. The molecule has 1 aromatic rings. The lowest BCUT2D eigenvalue weighted by molar-refractivity contribution is 0.143. The molecule has 0 bridgehead atoms. The predicted octanol–water partition coefficient (Wildman–Crippen LogP) is 2.58. The first-order chi connectivity index (χ1) is 9.24. The van der Waals surface area contributed by atoms with Crippen LogP contribution in [0.15, 0.2) is 18.2 Å². The van der Waals surface area contributed by atoms with Gasteiger partial charge in [0.05, 0.1) is 7.11 Å². The third kappa shape index (κ3) is 3.71. The van der Waals surface area contributed by atoms with Gasteiger partial charge in [0.15, 0.2) is 0 Å². The number of nitrogens with one attached hydrogen (secondary N) is 1. The Morgan fingerprint density at radius 1 is 1.42 bits per heavy atom. The Kier molecular flexibility index (Phi) is 5.23. The molecule has 0 saturated carbocycles. The van der Waals surface area contributed by atoms with E-state index in [9.17, 15) is 0 Å². The number of nitrogens with zero attached hydrogens (tertiary/aromatic N) is 1. The summed E-state index contributed by atoms with van der Waals surface area (Å²) in [5.74, 6) is 1.01. The Balaban J connectivity index is 2.11. The van der Waals surface area contributed by atoms with Crippen LogP contribution in [0, 0.1) is 6.92 Å². The third-order valence-corrected chi connectivity index (χ3v) is 3.90. The summed E-state index contributed by atoms with van der Waals surface area (Å²) in [5, 5.41) is 3.50. The summed E-state index contributed by atoms with van der Waals surface area (Å²) < 4.78 is 5.49. The molecule has 1 heterocycles. The van der Waals surface area contributed by atoms with Crippen LogP contribution in [0.4, 0.5) is 0 Å². The van der Waals surface area contributed by atoms with Gasteiger partial charge < -0.3 is 10.1 Å². The molecular weight excluding hydrogens is 236 g/mol. The molecule has 0 aliphatic carbocycles. The topological polar surface area (TPSA) is 24.5 Å². The summed E-state index contributed by atoms with van der Waals surface area (Å²) in [6, 6.07) is 7.11. The van der Waals surface area contributed by atoms with Gasteiger partial charge in [-0.2, -0.15) is 0 Å². The Morgan fingerprint density at radius 3 is 3.00 bits per heavy atom. The van der Waals surface area contributed by atoms with E-state index in [1.54, 1.807) is 7.11 Å². The van der Waals surface area contributed by atoms with E-state index < -0.39 is 0 Å². The van der Waals surface area contributed by atoms with Gasteiger partial charge >= 0.3 is 0 Å². The molecule has 106 valence electrons. The van der Waals surface area contributed by atoms with E-state index in [-0.39, 0.29) is 0 Å². The number of methoxy groups -OCH3 is 1. The lowest BCUT2D eigenvalue weighted by atomic mass is 10.0. The van der Waals surface area contributed by atoms with Gasteiger partial charge in [-0.05, 0) is 19.4 Å². The summed E-state index contributed by atoms with van der Waals surface area (Å²) in [6.07, 6.45) is 2.51. The smallest absolute Gasteiger partial charge is 0.123 e. The lowest BCUT2D eigenvalue weighted by Crippen LogP contribution is -2.50. The summed E-state index contributed by atoms with van der Waals surface area (Å²) in [4.78, 5) is 2.59. The van der Waals surface area contributed by atoms with Gasteiger partial charge in [0, 0.05) is 37.8 Å². The molecule has 0 radical (unpaired) electrons. The van der Waals surface area contributed by atoms with Crippen LogP contribution in [-0.2, 0) is 6.54 Å². The zero-order valence-electron chi connectivity index (χ0n) is 12.4. The number of benzene rings is 1. The molecule has 0 amide bonds. The molecule has 1 fully saturated rings. The van der Waals surface area contributed by atoms with Gasteiger partial charge in [0.25, 0.3) is 0 Å². The molecule has 0 aromatic heterocycles. The van der Waals surface area contributed by atoms with Crippen LogP contribution in [0.25, 0.3) is 0 Å². The van der Waals surface area contributed by atoms with E-state index in [0.717, 1.165) is 31.9 Å². The van der Waals surface area contributed by atoms with Crippen molar-refractivity contribution in [2.24, 2.45) is 0 Å². The summed E-state index contributed by atoms with van der Waals surface area (Å²) >= 11 is 0. The van der Waals surface area contributed by atoms with Crippen LogP contribution >= 0.6 is 0 Å². The van der Waals surface area contributed by atoms with Crippen molar-refractivity contribution in [1.82, 2.24) is 10.2 Å². The maximum Gasteiger partial charge on any atom is 0.123 e. The van der Waals surface area contributed by atoms with Crippen molar-refractivity contribution >= 4 is 0 Å². The van der Waals surface area contributed by atoms with E-state index in [2.05, 4.69) is 42.3 Å². The van der Waals surface area contributed by atoms with Gasteiger partial charge in [0.1, 0.15) is 5.75 Å². The van der Waals surface area contributed by atoms with Crippen LogP contribution in [-0.4, -0.2) is 37.7 Å². The van der Waals surface area contributed by atoms with Crippen LogP contribution in [0.3, 0.4) is 0 Å². The molecule has 0 spiro atoms. The maximum atomic E-state index is 5.49. The number of aryl methyl sites for hydroxylation is 1. The van der Waals surface area contributed by atoms with Gasteiger partial charge in [-0.1, -0.05) is 31.0 Å². The third-order valence-electron chi connectivity index (χ3n) is 3.90. The summed E-state index contributed by atoms with van der Waals surface area (Å²) in [6.45, 7) is 8.74. The number of hydrogen-bond donors (Lipinski definition) is 1. The van der Waals surface area contributed by atoms with Crippen molar-refractivity contribution in [3.63, 3.8) is 0 Å². The van der Waals surface area contributed by atoms with Crippen LogP contribution in [0.5, 0.6) is 5.75 Å². The molecule has 1 N–H and O–H groups in total. The number of hydrogen-bond acceptors (Lipinski definition) is 3. The normalized spacial score (nSPS) is 20.5. The molecule has 1 unspecified atom stereocenters. The highest BCUT2D eigenvalue weighted by atomic mass is 16.5. The molecule has 3 nitrogen and oxygen atoms in total. The van der Waals surface area contributed by atoms with Crippen molar-refractivity contribution in [1.29, 1.82) is 0 Å². The standard InChI is InChI=1S/C16H26N2O/c1-4-5-15-11-17-8-9-18(15)12-14-10-13(2)6-7-16(14)19-3/h6-7,10,15,17H,4-5,8-9,11-12H2,1-3H3. The summed E-state index contributed by atoms with van der Waals surface area (Å²) in [7, 11) is 1.76. The molecule has 1 aromatic carbocycles. The van der Waals surface area contributed by atoms with E-state index >= 15 is 0 Å². The first-order valence-electron chi connectivity index (χ1n) is 7.33. The zero-order chi connectivity index (χ0) is 13.7. The SMILES string of the molecule is CCCC1CNCCN1Cc1cc(C)ccc1OC. The van der Waals surface area contributed by atoms with Crippen LogP contribution in [0.2, 0.25) is 0 Å². The Labute approximate surface area is 116 Å². The second kappa shape index (κ2) is 6.92. The molecule has 1 saturated heterocycles. The predicted molar refractivity (Wildman–Crippen MR) is 79.7 cm³/mol. The zero-order valence-corrected chi connectivity index (χ0v) is 12.4. The number of piperazine rings is 1. The molecule has 1 aliphatic rings. The van der Waals surface area contributed by atoms with Crippen molar-refractivity contribution in [3.8, 4) is 5.75 Å². The molecule has 3 heteroatoms. The Bertz CT molecular complexity index is 404. The fraction of sp³-hybridized carbons (Fsp3) is 0.625. The van der Waals surface area contributed by atoms with Gasteiger partial charge in [-0.3, -0.25) is 4.90 Å². The first kappa shape index (κ1) is 14.4. The van der Waals surface area contributed by atoms with E-state index in [0.29, 0.717) is 6.04 Å². The molecule has 1 aliphatic heterocycles. The quantitative estimate of drug-likeness (QED) is 0.882. The second-order valence-corrected chi connectivity index (χ2v) is 5.43. The van der Waals surface area contributed by atoms with Crippen molar-refractivity contribution in [3.05, 3.63) is 29.3 Å². The van der Waals surface area contributed by atoms with E-state index in [1.807, 2.05) is 0 Å². The minimum atomic E-state index is 0.656. The highest BCUT2D eigenvalue weighted by Gasteiger charge is 2.22. The highest BCUT2D eigenvalue weighted by Crippen LogP contribution is 2.23. The Hall–Kier alpha value is -1.06. The molecule has 19 heavy (non-hydrogen) atoms. The molecular formula is C16H26N2O. The van der Waals surface area contributed by atoms with Gasteiger partial charge in [0.2, 0.25) is 0 Å². The van der Waals surface area contributed by atoms with E-state index in [1.165, 1.54) is 24.0 Å². The van der Waals surface area contributed by atoms with Crippen molar-refractivity contribution in [2.75, 3.05) is 26.7 Å². The highest BCUT2D eigenvalue weighted by molar-refractivity contribution is 5.36. The van der Waals surface area contributed by atoms with Crippen molar-refractivity contribution in [2.45, 2.75) is 39.3 Å². The fourth-order valence-electron chi connectivity index (χ4n) is 2.88. The number of rotatable bonds is 5. The van der Waals surface area contributed by atoms with Gasteiger partial charge in [-0.25, -0.2) is 0 Å². The largest absolute Gasteiger partial charge is 0.496 e. The minimum Gasteiger partial charge on any atom is -0.496 e. The van der Waals surface area contributed by atoms with Crippen LogP contribution in [0.1, 0.15) is 30.9 Å². The molecule has 1 atom stereocenters. The second-order valence-electron chi connectivity index (χ2n) is 5.43. The maximum absolute atomic E-state index is 5.49. The first-order valence-corrected chi connectivity index (χ1v) is 7.33. The van der Waals surface area contributed by atoms with Crippen molar-refractivity contribution < 1.29 is 4.74 Å². The monoisotopic (exact) mass is 262 g/mol. The van der Waals surface area contributed by atoms with Crippen LogP contribution < -0.4 is 10.1 Å². The molecule has 2 rings (SSSR count). The fourth-order valence-corrected chi connectivity index (χ4v) is 2.88. The number of ether oxygens (including phenoxy) is 1. The Morgan fingerprint density at radius 2 is 2.26 bits per heavy atom. The van der Waals surface area contributed by atoms with E-state index in [4.69, 9.17) is 4.74 Å².